The average Bonchev–Trinajstić information content (AvgIpc) is 2.51. The zero-order valence-corrected chi connectivity index (χ0v) is 26.8. The van der Waals surface area contributed by atoms with Gasteiger partial charge in [-0.15, -0.1) is 34.8 Å². The van der Waals surface area contributed by atoms with E-state index in [0.29, 0.717) is 0 Å². The van der Waals surface area contributed by atoms with E-state index in [2.05, 4.69) is 47.8 Å². The van der Waals surface area contributed by atoms with Gasteiger partial charge in [0, 0.05) is 33.9 Å². The molecule has 0 aliphatic heterocycles. The molecule has 0 radical (unpaired) electrons. The van der Waals surface area contributed by atoms with Crippen LogP contribution in [0.5, 0.6) is 0 Å². The fourth-order valence-corrected chi connectivity index (χ4v) is 7.01. The van der Waals surface area contributed by atoms with Crippen molar-refractivity contribution in [3.63, 3.8) is 0 Å². The van der Waals surface area contributed by atoms with Crippen molar-refractivity contribution < 1.29 is 18.1 Å². The summed E-state index contributed by atoms with van der Waals surface area (Å²) >= 11 is 47.0. The van der Waals surface area contributed by atoms with Gasteiger partial charge in [0.1, 0.15) is 0 Å². The lowest BCUT2D eigenvalue weighted by Crippen LogP contribution is -2.43. The molecule has 0 spiro atoms. The third-order valence-electron chi connectivity index (χ3n) is 4.05. The smallest absolute Gasteiger partial charge is 0.253 e. The van der Waals surface area contributed by atoms with Gasteiger partial charge in [-0.2, -0.15) is 0 Å². The Balaban J connectivity index is 6.31. The standard InChI is InChI=1S/C15H24Br3Cl6O4P/c1-10(2,7-19)13(16,22)26-29(25,27-14(17,23)11(3,4)8-20)28-15(18,24)12(5,6)9-21/h7-9H2,1-6H3. The summed E-state index contributed by atoms with van der Waals surface area (Å²) in [6, 6.07) is 0. The van der Waals surface area contributed by atoms with E-state index >= 15 is 0 Å². The quantitative estimate of drug-likeness (QED) is 0.147. The van der Waals surface area contributed by atoms with Crippen molar-refractivity contribution in [1.29, 1.82) is 0 Å². The minimum Gasteiger partial charge on any atom is -0.253 e. The Hall–Kier alpha value is 3.29. The maximum absolute atomic E-state index is 13.8. The van der Waals surface area contributed by atoms with E-state index in [1.807, 2.05) is 0 Å². The van der Waals surface area contributed by atoms with Gasteiger partial charge in [0.25, 0.3) is 0 Å². The van der Waals surface area contributed by atoms with Gasteiger partial charge in [-0.1, -0.05) is 76.3 Å². The minimum atomic E-state index is -4.63. The van der Waals surface area contributed by atoms with Gasteiger partial charge in [0.15, 0.2) is 0 Å². The number of hydrogen-bond donors (Lipinski definition) is 0. The van der Waals surface area contributed by atoms with Crippen molar-refractivity contribution in [3.05, 3.63) is 0 Å². The molecule has 176 valence electrons. The molecule has 0 N–H and O–H groups in total. The number of alkyl halides is 9. The Labute approximate surface area is 228 Å². The molecule has 0 bridgehead atoms. The number of hydrogen-bond acceptors (Lipinski definition) is 4. The van der Waals surface area contributed by atoms with E-state index in [1.54, 1.807) is 41.5 Å². The van der Waals surface area contributed by atoms with E-state index in [-0.39, 0.29) is 17.6 Å². The van der Waals surface area contributed by atoms with Crippen molar-refractivity contribution in [2.75, 3.05) is 17.6 Å². The largest absolute Gasteiger partial charge is 0.482 e. The number of rotatable bonds is 12. The fourth-order valence-electron chi connectivity index (χ4n) is 1.08. The van der Waals surface area contributed by atoms with Crippen LogP contribution in [0.2, 0.25) is 0 Å². The molecule has 0 aromatic rings. The predicted octanol–water partition coefficient (Wildman–Crippen LogP) is 9.80. The zero-order chi connectivity index (χ0) is 23.7. The first-order chi connectivity index (χ1) is 12.6. The van der Waals surface area contributed by atoms with E-state index in [4.69, 9.17) is 83.2 Å². The second-order valence-corrected chi connectivity index (χ2v) is 16.9. The molecule has 0 aromatic heterocycles. The van der Waals surface area contributed by atoms with Crippen LogP contribution in [0.1, 0.15) is 41.5 Å². The maximum atomic E-state index is 13.8. The van der Waals surface area contributed by atoms with E-state index in [1.165, 1.54) is 0 Å². The Morgan fingerprint density at radius 3 is 0.931 bits per heavy atom. The van der Waals surface area contributed by atoms with Crippen LogP contribution >= 0.6 is 125 Å². The van der Waals surface area contributed by atoms with E-state index in [9.17, 15) is 4.57 Å². The Morgan fingerprint density at radius 2 is 0.793 bits per heavy atom. The van der Waals surface area contributed by atoms with Crippen LogP contribution < -0.4 is 0 Å². The average molecular weight is 752 g/mol. The van der Waals surface area contributed by atoms with E-state index < -0.39 is 36.0 Å². The second kappa shape index (κ2) is 10.9. The molecule has 0 aromatic carbocycles. The van der Waals surface area contributed by atoms with Crippen molar-refractivity contribution in [3.8, 4) is 0 Å². The summed E-state index contributed by atoms with van der Waals surface area (Å²) in [5.41, 5.74) is -2.78. The number of phosphoric ester groups is 1. The highest BCUT2D eigenvalue weighted by molar-refractivity contribution is 9.10. The Morgan fingerprint density at radius 1 is 0.621 bits per heavy atom. The first-order valence-corrected chi connectivity index (χ1v) is 14.7. The molecule has 0 aliphatic carbocycles. The summed E-state index contributed by atoms with van der Waals surface area (Å²) < 4.78 is 25.4. The molecule has 3 atom stereocenters. The Kier molecular flexibility index (Phi) is 12.2. The molecule has 4 nitrogen and oxygen atoms in total. The molecular weight excluding hydrogens is 728 g/mol. The maximum Gasteiger partial charge on any atom is 0.482 e. The van der Waals surface area contributed by atoms with Crippen LogP contribution in [0.25, 0.3) is 0 Å². The first-order valence-electron chi connectivity index (χ1n) is 8.09. The Bertz CT molecular complexity index is 536. The van der Waals surface area contributed by atoms with Crippen LogP contribution in [0.4, 0.5) is 0 Å². The molecular formula is C15H24Br3Cl6O4P. The van der Waals surface area contributed by atoms with Gasteiger partial charge in [0.2, 0.25) is 11.9 Å². The molecule has 0 saturated heterocycles. The van der Waals surface area contributed by atoms with Gasteiger partial charge in [0.05, 0.1) is 0 Å². The summed E-state index contributed by atoms with van der Waals surface area (Å²) in [5, 5.41) is 0. The summed E-state index contributed by atoms with van der Waals surface area (Å²) in [5.74, 6) is 0.133. The highest BCUT2D eigenvalue weighted by Gasteiger charge is 2.58. The van der Waals surface area contributed by atoms with Crippen LogP contribution in [0.3, 0.4) is 0 Å². The fraction of sp³-hybridized carbons (Fsp3) is 1.00. The zero-order valence-electron chi connectivity index (χ0n) is 16.6. The lowest BCUT2D eigenvalue weighted by atomic mass is 9.98. The lowest BCUT2D eigenvalue weighted by Gasteiger charge is -2.44. The van der Waals surface area contributed by atoms with Crippen molar-refractivity contribution in [2.45, 2.75) is 53.5 Å². The highest BCUT2D eigenvalue weighted by Crippen LogP contribution is 2.68. The number of halogens is 9. The van der Waals surface area contributed by atoms with Crippen LogP contribution in [0.15, 0.2) is 0 Å². The molecule has 29 heavy (non-hydrogen) atoms. The molecule has 0 saturated carbocycles. The molecule has 3 unspecified atom stereocenters. The molecule has 0 heterocycles. The molecule has 0 aliphatic rings. The predicted molar refractivity (Wildman–Crippen MR) is 137 cm³/mol. The SMILES string of the molecule is CC(C)(CCl)C(Cl)(Br)OP(=O)(OC(Cl)(Br)C(C)(C)CCl)OC(Cl)(Br)C(C)(C)CCl. The van der Waals surface area contributed by atoms with Crippen LogP contribution in [-0.4, -0.2) is 29.5 Å². The normalized spacial score (nSPS) is 22.3. The summed E-state index contributed by atoms with van der Waals surface area (Å²) in [4.78, 5) is 0. The van der Waals surface area contributed by atoms with Crippen molar-refractivity contribution in [1.82, 2.24) is 0 Å². The monoisotopic (exact) mass is 746 g/mol. The van der Waals surface area contributed by atoms with Gasteiger partial charge < -0.3 is 0 Å². The molecule has 0 amide bonds. The molecule has 0 rings (SSSR count). The second-order valence-electron chi connectivity index (χ2n) is 8.32. The van der Waals surface area contributed by atoms with Crippen LogP contribution in [0, 0.1) is 16.2 Å². The third kappa shape index (κ3) is 8.18. The third-order valence-corrected chi connectivity index (χ3v) is 14.1. The molecule has 14 heteroatoms. The first kappa shape index (κ1) is 32.3. The summed E-state index contributed by atoms with van der Waals surface area (Å²) in [6.45, 7) is 10.1. The number of phosphoric acid groups is 1. The van der Waals surface area contributed by atoms with Crippen LogP contribution in [-0.2, 0) is 18.1 Å². The van der Waals surface area contributed by atoms with Gasteiger partial charge in [-0.05, 0) is 47.8 Å². The summed E-state index contributed by atoms with van der Waals surface area (Å²) in [7, 11) is -4.63. The van der Waals surface area contributed by atoms with Gasteiger partial charge >= 0.3 is 7.82 Å². The van der Waals surface area contributed by atoms with Crippen molar-refractivity contribution >= 4 is 125 Å². The van der Waals surface area contributed by atoms with Gasteiger partial charge in [-0.3, -0.25) is 13.6 Å². The van der Waals surface area contributed by atoms with E-state index in [0.717, 1.165) is 0 Å². The minimum absolute atomic E-state index is 0.0444. The lowest BCUT2D eigenvalue weighted by molar-refractivity contribution is -0.00236. The highest BCUT2D eigenvalue weighted by atomic mass is 79.9. The summed E-state index contributed by atoms with van der Waals surface area (Å²) in [6.07, 6.45) is 0. The van der Waals surface area contributed by atoms with Gasteiger partial charge in [-0.25, -0.2) is 4.57 Å². The van der Waals surface area contributed by atoms with Crippen molar-refractivity contribution in [2.24, 2.45) is 16.2 Å². The topological polar surface area (TPSA) is 44.8 Å². The molecule has 0 fully saturated rings.